The molecule has 2 aromatic rings. The first-order chi connectivity index (χ1) is 19.6. The molecule has 2 unspecified atom stereocenters. The van der Waals surface area contributed by atoms with Crippen molar-refractivity contribution in [1.29, 1.82) is 0 Å². The highest BCUT2D eigenvalue weighted by Crippen LogP contribution is 2.46. The van der Waals surface area contributed by atoms with Crippen molar-refractivity contribution in [3.05, 3.63) is 41.1 Å². The summed E-state index contributed by atoms with van der Waals surface area (Å²) < 4.78 is 35.2. The third-order valence-electron chi connectivity index (χ3n) is 9.48. The Balaban J connectivity index is 0.00000353. The molecule has 1 aromatic heterocycles. The smallest absolute Gasteiger partial charge is 0.410 e. The monoisotopic (exact) mass is 603 g/mol. The highest BCUT2D eigenvalue weighted by Gasteiger charge is 2.49. The number of sulfonamides is 1. The second-order valence-corrected chi connectivity index (χ2v) is 15.1. The molecular weight excluding hydrogens is 562 g/mol. The molecule has 2 atom stereocenters. The Labute approximate surface area is 247 Å². The summed E-state index contributed by atoms with van der Waals surface area (Å²) >= 11 is 1.02. The first-order valence-corrected chi connectivity index (χ1v) is 16.9. The number of fused-ring (bicyclic) bond motifs is 4. The van der Waals surface area contributed by atoms with Crippen molar-refractivity contribution in [2.45, 2.75) is 93.6 Å². The van der Waals surface area contributed by atoms with E-state index in [2.05, 4.69) is 33.4 Å². The highest BCUT2D eigenvalue weighted by molar-refractivity contribution is 7.91. The molecule has 0 saturated carbocycles. The normalized spacial score (nSPS) is 26.1. The van der Waals surface area contributed by atoms with Gasteiger partial charge in [0, 0.05) is 45.0 Å². The summed E-state index contributed by atoms with van der Waals surface area (Å²) in [5, 5.41) is 2.93. The quantitative estimate of drug-likeness (QED) is 0.541. The van der Waals surface area contributed by atoms with Crippen LogP contribution in [0.2, 0.25) is 0 Å². The zero-order valence-corrected chi connectivity index (χ0v) is 25.6. The van der Waals surface area contributed by atoms with Gasteiger partial charge < -0.3 is 19.9 Å². The van der Waals surface area contributed by atoms with E-state index in [1.165, 1.54) is 12.5 Å². The van der Waals surface area contributed by atoms with E-state index in [9.17, 15) is 18.0 Å². The lowest BCUT2D eigenvalue weighted by Gasteiger charge is -2.51. The minimum atomic E-state index is -3.81. The molecule has 6 rings (SSSR count). The number of hydrogen-bond acceptors (Lipinski definition) is 8. The Kier molecular flexibility index (Phi) is 7.63. The second-order valence-electron chi connectivity index (χ2n) is 11.9. The fourth-order valence-electron chi connectivity index (χ4n) is 7.64. The molecule has 3 saturated heterocycles. The van der Waals surface area contributed by atoms with Crippen molar-refractivity contribution in [2.75, 3.05) is 31.6 Å². The maximum atomic E-state index is 14.0. The number of carbonyl (C=O) groups is 2. The van der Waals surface area contributed by atoms with Crippen LogP contribution in [0.25, 0.3) is 0 Å². The molecule has 1 N–H and O–H groups in total. The number of likely N-dealkylation sites (tertiary alicyclic amines) is 1. The summed E-state index contributed by atoms with van der Waals surface area (Å²) in [5.74, 6) is -0.278. The van der Waals surface area contributed by atoms with E-state index >= 15 is 0 Å². The maximum absolute atomic E-state index is 14.0. The van der Waals surface area contributed by atoms with Crippen molar-refractivity contribution in [3.63, 3.8) is 0 Å². The number of nitrogens with one attached hydrogen (secondary N) is 1. The van der Waals surface area contributed by atoms with E-state index in [1.54, 1.807) is 11.2 Å². The molecule has 2 bridgehead atoms. The number of piperidine rings is 2. The van der Waals surface area contributed by atoms with Crippen molar-refractivity contribution >= 4 is 38.5 Å². The molecule has 4 aliphatic rings. The predicted octanol–water partition coefficient (Wildman–Crippen LogP) is 4.35. The van der Waals surface area contributed by atoms with Crippen LogP contribution in [-0.2, 0) is 31.5 Å². The molecule has 224 valence electrons. The number of aromatic nitrogens is 1. The zero-order valence-electron chi connectivity index (χ0n) is 24.0. The lowest BCUT2D eigenvalue weighted by atomic mass is 9.69. The molecule has 0 radical (unpaired) electrons. The predicted molar refractivity (Wildman–Crippen MR) is 158 cm³/mol. The molecule has 2 amide bonds. The average Bonchev–Trinajstić information content (AvgIpc) is 3.44. The number of hydrogen-bond donors (Lipinski definition) is 1. The molecule has 10 nitrogen and oxygen atoms in total. The van der Waals surface area contributed by atoms with Gasteiger partial charge in [-0.15, -0.1) is 0 Å². The van der Waals surface area contributed by atoms with Crippen LogP contribution >= 0.6 is 11.3 Å². The molecule has 1 aromatic carbocycles. The van der Waals surface area contributed by atoms with Crippen LogP contribution in [0.5, 0.6) is 0 Å². The van der Waals surface area contributed by atoms with Gasteiger partial charge in [0.25, 0.3) is 10.0 Å². The van der Waals surface area contributed by atoms with Crippen molar-refractivity contribution in [1.82, 2.24) is 19.1 Å². The van der Waals surface area contributed by atoms with Gasteiger partial charge in [-0.25, -0.2) is 18.2 Å². The van der Waals surface area contributed by atoms with Gasteiger partial charge in [0.05, 0.1) is 12.3 Å². The fraction of sp³-hybridized carbons (Fsp3) is 0.621. The first kappa shape index (κ1) is 28.6. The molecule has 3 fully saturated rings. The standard InChI is InChI=1S/C29H39N5O5S2.H2/c1-4-39-28(36)34-22-9-10-23(34)16-24(15-22)32-13-11-29(12-14-32)18-33(17-21-7-5-6-8-25(21)29)41(37,38)26-19(2)30-27(40-26)31-20(3)35;/h5-8,22-24H,4,9-18H2,1-3H3,(H,30,31,35);1H. The number of ether oxygens (including phenoxy) is 1. The van der Waals surface area contributed by atoms with Crippen molar-refractivity contribution in [2.24, 2.45) is 0 Å². The van der Waals surface area contributed by atoms with E-state index in [4.69, 9.17) is 4.74 Å². The molecule has 4 aliphatic heterocycles. The van der Waals surface area contributed by atoms with Gasteiger partial charge in [0.2, 0.25) is 5.91 Å². The van der Waals surface area contributed by atoms with Gasteiger partial charge in [0.1, 0.15) is 0 Å². The summed E-state index contributed by atoms with van der Waals surface area (Å²) in [6.07, 6.45) is 5.61. The van der Waals surface area contributed by atoms with Gasteiger partial charge in [-0.1, -0.05) is 35.6 Å². The largest absolute Gasteiger partial charge is 0.450 e. The molecular formula is C29H41N5O5S2. The van der Waals surface area contributed by atoms with E-state index in [1.807, 2.05) is 17.9 Å². The van der Waals surface area contributed by atoms with Crippen LogP contribution in [0.1, 0.15) is 70.6 Å². The van der Waals surface area contributed by atoms with Gasteiger partial charge >= 0.3 is 6.09 Å². The summed E-state index contributed by atoms with van der Waals surface area (Å²) in [7, 11) is -3.81. The average molecular weight is 604 g/mol. The molecule has 41 heavy (non-hydrogen) atoms. The van der Waals surface area contributed by atoms with E-state index in [0.717, 1.165) is 68.5 Å². The number of anilines is 1. The number of thiazole rings is 1. The fourth-order valence-corrected chi connectivity index (χ4v) is 10.7. The number of benzene rings is 1. The molecule has 5 heterocycles. The van der Waals surface area contributed by atoms with E-state index < -0.39 is 10.0 Å². The Morgan fingerprint density at radius 3 is 2.49 bits per heavy atom. The van der Waals surface area contributed by atoms with Crippen LogP contribution in [0, 0.1) is 6.92 Å². The van der Waals surface area contributed by atoms with Gasteiger partial charge in [-0.2, -0.15) is 4.31 Å². The number of nitrogens with zero attached hydrogens (tertiary/aromatic N) is 4. The van der Waals surface area contributed by atoms with Crippen molar-refractivity contribution in [3.8, 4) is 0 Å². The number of aryl methyl sites for hydroxylation is 1. The topological polar surface area (TPSA) is 112 Å². The van der Waals surface area contributed by atoms with Gasteiger partial charge in [0.15, 0.2) is 9.34 Å². The Hall–Kier alpha value is -2.54. The molecule has 1 spiro atoms. The van der Waals surface area contributed by atoms with E-state index in [0.29, 0.717) is 36.6 Å². The highest BCUT2D eigenvalue weighted by atomic mass is 32.2. The molecule has 0 aliphatic carbocycles. The summed E-state index contributed by atoms with van der Waals surface area (Å²) in [4.78, 5) is 33.0. The zero-order chi connectivity index (χ0) is 28.9. The van der Waals surface area contributed by atoms with Crippen LogP contribution in [0.15, 0.2) is 28.5 Å². The lowest BCUT2D eigenvalue weighted by Crippen LogP contribution is -2.57. The minimum absolute atomic E-state index is 0. The van der Waals surface area contributed by atoms with Crippen molar-refractivity contribution < 1.29 is 24.2 Å². The first-order valence-electron chi connectivity index (χ1n) is 14.6. The summed E-state index contributed by atoms with van der Waals surface area (Å²) in [6.45, 7) is 7.88. The minimum Gasteiger partial charge on any atom is -0.450 e. The number of rotatable bonds is 5. The van der Waals surface area contributed by atoms with Gasteiger partial charge in [-0.05, 0) is 76.6 Å². The van der Waals surface area contributed by atoms with Crippen LogP contribution < -0.4 is 5.32 Å². The SMILES string of the molecule is CCOC(=O)N1C2CCC1CC(N1CCC3(CC1)CN(S(=O)(=O)c1sc(NC(C)=O)nc1C)Cc1ccccc13)C2.[HH]. The third-order valence-corrected chi connectivity index (χ3v) is 12.9. The lowest BCUT2D eigenvalue weighted by molar-refractivity contribution is -0.114. The van der Waals surface area contributed by atoms with E-state index in [-0.39, 0.29) is 35.1 Å². The Bertz CT molecular complexity index is 1430. The second kappa shape index (κ2) is 10.9. The maximum Gasteiger partial charge on any atom is 0.410 e. The molecule has 12 heteroatoms. The summed E-state index contributed by atoms with van der Waals surface area (Å²) in [6, 6.07) is 9.20. The Morgan fingerprint density at radius 2 is 1.83 bits per heavy atom. The van der Waals surface area contributed by atoms with Gasteiger partial charge in [-0.3, -0.25) is 4.79 Å². The summed E-state index contributed by atoms with van der Waals surface area (Å²) in [5.41, 5.74) is 2.47. The van der Waals surface area contributed by atoms with Crippen LogP contribution in [0.3, 0.4) is 0 Å². The third kappa shape index (κ3) is 5.17. The Morgan fingerprint density at radius 1 is 1.15 bits per heavy atom. The van der Waals surface area contributed by atoms with Crippen LogP contribution in [0.4, 0.5) is 9.93 Å². The number of amides is 2. The van der Waals surface area contributed by atoms with Crippen LogP contribution in [-0.4, -0.2) is 83.9 Å². The number of carbonyl (C=O) groups excluding carboxylic acids is 2.